The fraction of sp³-hybridized carbons (Fsp3) is 0.576. The van der Waals surface area contributed by atoms with Gasteiger partial charge in [0.1, 0.15) is 0 Å². The van der Waals surface area contributed by atoms with Gasteiger partial charge in [0, 0.05) is 27.9 Å². The minimum atomic E-state index is -0.177. The summed E-state index contributed by atoms with van der Waals surface area (Å²) in [6.45, 7) is 18.9. The molecule has 1 heterocycles. The van der Waals surface area contributed by atoms with Crippen molar-refractivity contribution in [3.63, 3.8) is 0 Å². The minimum Gasteiger partial charge on any atom is -0.504 e. The summed E-state index contributed by atoms with van der Waals surface area (Å²) in [6.07, 6.45) is 14.7. The van der Waals surface area contributed by atoms with Gasteiger partial charge in [0.15, 0.2) is 11.5 Å². The van der Waals surface area contributed by atoms with Crippen molar-refractivity contribution in [2.45, 2.75) is 97.3 Å². The van der Waals surface area contributed by atoms with Gasteiger partial charge in [-0.05, 0) is 103 Å². The van der Waals surface area contributed by atoms with E-state index in [-0.39, 0.29) is 33.2 Å². The van der Waals surface area contributed by atoms with Gasteiger partial charge in [0.2, 0.25) is 0 Å². The van der Waals surface area contributed by atoms with Crippen molar-refractivity contribution >= 4 is 12.7 Å². The summed E-state index contributed by atoms with van der Waals surface area (Å²) in [5.41, 5.74) is 5.67. The summed E-state index contributed by atoms with van der Waals surface area (Å²) in [4.78, 5) is 0. The van der Waals surface area contributed by atoms with E-state index in [2.05, 4.69) is 81.8 Å². The Hall–Kier alpha value is -2.82. The normalized spacial score (nSPS) is 39.5. The topological polar surface area (TPSA) is 87.8 Å². The van der Waals surface area contributed by atoms with E-state index in [9.17, 15) is 10.2 Å². The maximum Gasteiger partial charge on any atom is 0.164 e. The maximum absolute atomic E-state index is 10.6. The lowest BCUT2D eigenvalue weighted by Gasteiger charge is -2.70. The minimum absolute atomic E-state index is 0.0471. The van der Waals surface area contributed by atoms with Crippen LogP contribution in [-0.4, -0.2) is 25.6 Å². The third kappa shape index (κ3) is 3.11. The van der Waals surface area contributed by atoms with Gasteiger partial charge in [-0.2, -0.15) is 0 Å². The van der Waals surface area contributed by atoms with Crippen LogP contribution in [-0.2, 0) is 10.8 Å². The first kappa shape index (κ1) is 25.5. The smallest absolute Gasteiger partial charge is 0.164 e. The number of benzene rings is 1. The number of phenols is 2. The summed E-state index contributed by atoms with van der Waals surface area (Å²) in [5, 5.41) is 32.3. The molecule has 0 spiro atoms. The Morgan fingerprint density at radius 2 is 1.68 bits per heavy atom. The van der Waals surface area contributed by atoms with E-state index in [0.717, 1.165) is 23.6 Å². The molecule has 0 amide bonds. The van der Waals surface area contributed by atoms with Gasteiger partial charge in [-0.1, -0.05) is 58.9 Å². The van der Waals surface area contributed by atoms with E-state index in [1.165, 1.54) is 48.9 Å². The monoisotopic (exact) mass is 515 g/mol. The van der Waals surface area contributed by atoms with Crippen molar-refractivity contribution in [3.8, 4) is 11.5 Å². The number of aromatic nitrogens is 3. The lowest BCUT2D eigenvalue weighted by Crippen LogP contribution is -2.63. The van der Waals surface area contributed by atoms with Gasteiger partial charge in [0.25, 0.3) is 0 Å². The summed E-state index contributed by atoms with van der Waals surface area (Å²) in [6, 6.07) is 3.98. The van der Waals surface area contributed by atoms with Crippen molar-refractivity contribution in [2.24, 2.45) is 22.2 Å². The van der Waals surface area contributed by atoms with Crippen LogP contribution in [0.5, 0.6) is 11.5 Å². The molecule has 5 heteroatoms. The van der Waals surface area contributed by atoms with Crippen LogP contribution in [0, 0.1) is 29.1 Å². The van der Waals surface area contributed by atoms with Crippen LogP contribution in [0.25, 0.3) is 12.7 Å². The SMILES string of the molecule is C=c1c(O)c(O)cc2c1=CC=C1C2(C)CCC2(C)C3CC(C)(c4[nH][nH][nH]ccc4C)CCC3(C)CCC12C. The molecule has 6 rings (SSSR count). The first-order valence-corrected chi connectivity index (χ1v) is 14.4. The molecular formula is C33H45N3O2. The van der Waals surface area contributed by atoms with Crippen molar-refractivity contribution in [3.05, 3.63) is 57.2 Å². The Labute approximate surface area is 226 Å². The van der Waals surface area contributed by atoms with E-state index < -0.39 is 0 Å². The summed E-state index contributed by atoms with van der Waals surface area (Å²) < 4.78 is 0. The lowest BCUT2D eigenvalue weighted by atomic mass is 9.34. The molecule has 1 aromatic carbocycles. The number of H-pyrrole nitrogens is 3. The molecule has 5 nitrogen and oxygen atoms in total. The second kappa shape index (κ2) is 7.86. The molecule has 204 valence electrons. The number of aryl methyl sites for hydroxylation is 1. The van der Waals surface area contributed by atoms with E-state index in [4.69, 9.17) is 0 Å². The fourth-order valence-corrected chi connectivity index (χ4v) is 9.71. The summed E-state index contributed by atoms with van der Waals surface area (Å²) in [5.74, 6) is 0.441. The summed E-state index contributed by atoms with van der Waals surface area (Å²) in [7, 11) is 0. The van der Waals surface area contributed by atoms with Crippen molar-refractivity contribution in [1.82, 2.24) is 15.4 Å². The first-order valence-electron chi connectivity index (χ1n) is 14.4. The number of phenolic OH excluding ortho intramolecular Hbond substituents is 2. The number of allylic oxidation sites excluding steroid dienone is 2. The standard InChI is InChI=1S/C33H45N3O2/c1-20-10-17-34-36-35-28(20)30(4)12-11-29(3)13-15-32(6)25-9-8-22-21(2)27(38)24(37)18-23(22)31(25,5)14-16-33(32,7)26(29)19-30/h8-10,17-18,26,34-38H,2,11-16,19H2,1,3-7H3. The highest BCUT2D eigenvalue weighted by Crippen LogP contribution is 2.74. The van der Waals surface area contributed by atoms with Crippen molar-refractivity contribution in [2.75, 3.05) is 0 Å². The molecule has 1 aromatic heterocycles. The molecule has 0 saturated heterocycles. The van der Waals surface area contributed by atoms with Gasteiger partial charge in [-0.25, -0.2) is 5.21 Å². The van der Waals surface area contributed by atoms with Gasteiger partial charge in [-0.3, -0.25) is 10.2 Å². The Morgan fingerprint density at radius 3 is 2.45 bits per heavy atom. The molecule has 0 radical (unpaired) electrons. The van der Waals surface area contributed by atoms with Crippen LogP contribution in [0.15, 0.2) is 30.0 Å². The van der Waals surface area contributed by atoms with Crippen molar-refractivity contribution < 1.29 is 10.2 Å². The highest BCUT2D eigenvalue weighted by atomic mass is 16.3. The Kier molecular flexibility index (Phi) is 5.27. The molecule has 4 aliphatic carbocycles. The quantitative estimate of drug-likeness (QED) is 0.290. The largest absolute Gasteiger partial charge is 0.504 e. The molecule has 3 saturated carbocycles. The van der Waals surface area contributed by atoms with Crippen LogP contribution in [0.2, 0.25) is 0 Å². The molecule has 0 aliphatic heterocycles. The maximum atomic E-state index is 10.6. The molecule has 6 atom stereocenters. The number of fused-ring (bicyclic) bond motifs is 7. The molecule has 0 bridgehead atoms. The molecular weight excluding hydrogens is 470 g/mol. The van der Waals surface area contributed by atoms with Gasteiger partial charge in [-0.15, -0.1) is 0 Å². The van der Waals surface area contributed by atoms with Crippen molar-refractivity contribution in [1.29, 1.82) is 0 Å². The van der Waals surface area contributed by atoms with Crippen LogP contribution >= 0.6 is 0 Å². The number of rotatable bonds is 1. The molecule has 3 fully saturated rings. The number of hydrogen-bond donors (Lipinski definition) is 5. The lowest BCUT2D eigenvalue weighted by molar-refractivity contribution is -0.149. The zero-order valence-corrected chi connectivity index (χ0v) is 24.0. The third-order valence-corrected chi connectivity index (χ3v) is 12.4. The highest BCUT2D eigenvalue weighted by Gasteiger charge is 2.66. The number of hydrogen-bond acceptors (Lipinski definition) is 2. The molecule has 4 aliphatic rings. The van der Waals surface area contributed by atoms with E-state index in [1.54, 1.807) is 6.07 Å². The average molecular weight is 516 g/mol. The second-order valence-electron chi connectivity index (χ2n) is 14.3. The van der Waals surface area contributed by atoms with E-state index in [0.29, 0.717) is 16.6 Å². The number of nitrogens with one attached hydrogen (secondary N) is 3. The van der Waals surface area contributed by atoms with Crippen LogP contribution in [0.3, 0.4) is 0 Å². The molecule has 5 N–H and O–H groups in total. The highest BCUT2D eigenvalue weighted by molar-refractivity contribution is 5.61. The van der Waals surface area contributed by atoms with E-state index in [1.807, 2.05) is 6.20 Å². The second-order valence-corrected chi connectivity index (χ2v) is 14.3. The van der Waals surface area contributed by atoms with Gasteiger partial charge in [0.05, 0.1) is 0 Å². The zero-order chi connectivity index (χ0) is 27.3. The Morgan fingerprint density at radius 1 is 0.947 bits per heavy atom. The van der Waals surface area contributed by atoms with Gasteiger partial charge < -0.3 is 10.2 Å². The van der Waals surface area contributed by atoms with Crippen LogP contribution < -0.4 is 10.4 Å². The predicted molar refractivity (Wildman–Crippen MR) is 154 cm³/mol. The Bertz CT molecular complexity index is 1510. The summed E-state index contributed by atoms with van der Waals surface area (Å²) >= 11 is 0. The van der Waals surface area contributed by atoms with Crippen LogP contribution in [0.4, 0.5) is 0 Å². The van der Waals surface area contributed by atoms with E-state index >= 15 is 0 Å². The van der Waals surface area contributed by atoms with Crippen LogP contribution in [0.1, 0.15) is 96.4 Å². The zero-order valence-electron chi connectivity index (χ0n) is 24.0. The fourth-order valence-electron chi connectivity index (χ4n) is 9.71. The van der Waals surface area contributed by atoms with Gasteiger partial charge >= 0.3 is 0 Å². The number of aromatic hydroxyl groups is 2. The first-order chi connectivity index (χ1) is 17.8. The number of aromatic amines is 3. The molecule has 38 heavy (non-hydrogen) atoms. The Balaban J connectivity index is 1.48. The molecule has 6 unspecified atom stereocenters. The average Bonchev–Trinajstić information content (AvgIpc) is 3.10. The third-order valence-electron chi connectivity index (χ3n) is 12.4. The molecule has 2 aromatic rings. The predicted octanol–water partition coefficient (Wildman–Crippen LogP) is 6.27.